The second-order valence-electron chi connectivity index (χ2n) is 3.32. The van der Waals surface area contributed by atoms with Gasteiger partial charge in [0.1, 0.15) is 0 Å². The van der Waals surface area contributed by atoms with Gasteiger partial charge < -0.3 is 4.74 Å². The predicted octanol–water partition coefficient (Wildman–Crippen LogP) is 3.25. The van der Waals surface area contributed by atoms with Gasteiger partial charge in [0, 0.05) is 11.8 Å². The van der Waals surface area contributed by atoms with Gasteiger partial charge in [0.2, 0.25) is 0 Å². The van der Waals surface area contributed by atoms with Crippen molar-refractivity contribution in [1.82, 2.24) is 0 Å². The van der Waals surface area contributed by atoms with Gasteiger partial charge in [0.25, 0.3) is 0 Å². The Labute approximate surface area is 96.4 Å². The molecule has 78 valence electrons. The fourth-order valence-corrected chi connectivity index (χ4v) is 2.77. The first-order valence-corrected chi connectivity index (χ1v) is 6.06. The fraction of sp³-hybridized carbons (Fsp3) is 0.500. The highest BCUT2D eigenvalue weighted by atomic mass is 79.9. The van der Waals surface area contributed by atoms with Gasteiger partial charge in [0.05, 0.1) is 10.4 Å². The topological polar surface area (TPSA) is 26.3 Å². The first-order valence-electron chi connectivity index (χ1n) is 4.45. The third-order valence-corrected chi connectivity index (χ3v) is 3.40. The molecule has 4 heteroatoms. The van der Waals surface area contributed by atoms with Crippen LogP contribution in [0.4, 0.5) is 0 Å². The summed E-state index contributed by atoms with van der Waals surface area (Å²) in [5.74, 6) is 0.175. The second kappa shape index (κ2) is 5.51. The standard InChI is InChI=1S/C10H13BrO2S/c1-7(6-13-8(2)12)5-9-3-4-10(11)14-9/h3-4,7H,5-6H2,1-2H3/t7-/m1/s1. The Hall–Kier alpha value is -0.350. The van der Waals surface area contributed by atoms with E-state index >= 15 is 0 Å². The summed E-state index contributed by atoms with van der Waals surface area (Å²) < 4.78 is 6.08. The molecule has 1 aromatic heterocycles. The summed E-state index contributed by atoms with van der Waals surface area (Å²) in [6.07, 6.45) is 0.962. The lowest BCUT2D eigenvalue weighted by atomic mass is 10.1. The number of esters is 1. The Bertz CT molecular complexity index is 309. The van der Waals surface area contributed by atoms with Crippen molar-refractivity contribution in [3.8, 4) is 0 Å². The minimum Gasteiger partial charge on any atom is -0.466 e. The first-order chi connectivity index (χ1) is 6.58. The number of hydrogen-bond donors (Lipinski definition) is 0. The number of ether oxygens (including phenoxy) is 1. The van der Waals surface area contributed by atoms with Crippen LogP contribution in [0.5, 0.6) is 0 Å². The Morgan fingerprint density at radius 3 is 2.86 bits per heavy atom. The molecule has 0 unspecified atom stereocenters. The molecular weight excluding hydrogens is 264 g/mol. The van der Waals surface area contributed by atoms with Crippen LogP contribution >= 0.6 is 27.3 Å². The number of halogens is 1. The molecule has 0 aliphatic rings. The van der Waals surface area contributed by atoms with E-state index in [0.29, 0.717) is 12.5 Å². The van der Waals surface area contributed by atoms with E-state index in [-0.39, 0.29) is 5.97 Å². The van der Waals surface area contributed by atoms with Crippen LogP contribution in [0.25, 0.3) is 0 Å². The van der Waals surface area contributed by atoms with E-state index in [2.05, 4.69) is 28.9 Å². The van der Waals surface area contributed by atoms with E-state index in [1.807, 2.05) is 6.07 Å². The molecule has 0 aliphatic carbocycles. The van der Waals surface area contributed by atoms with Crippen molar-refractivity contribution in [2.75, 3.05) is 6.61 Å². The van der Waals surface area contributed by atoms with Gasteiger partial charge in [-0.15, -0.1) is 11.3 Å². The van der Waals surface area contributed by atoms with Crippen molar-refractivity contribution in [3.63, 3.8) is 0 Å². The molecule has 2 nitrogen and oxygen atoms in total. The second-order valence-corrected chi connectivity index (χ2v) is 5.87. The molecular formula is C10H13BrO2S. The average molecular weight is 277 g/mol. The van der Waals surface area contributed by atoms with Crippen LogP contribution in [0.15, 0.2) is 15.9 Å². The lowest BCUT2D eigenvalue weighted by molar-refractivity contribution is -0.142. The van der Waals surface area contributed by atoms with Crippen molar-refractivity contribution in [2.45, 2.75) is 20.3 Å². The summed E-state index contributed by atoms with van der Waals surface area (Å²) in [6.45, 7) is 4.02. The zero-order valence-corrected chi connectivity index (χ0v) is 10.7. The van der Waals surface area contributed by atoms with Gasteiger partial charge >= 0.3 is 5.97 Å². The van der Waals surface area contributed by atoms with Crippen molar-refractivity contribution in [3.05, 3.63) is 20.8 Å². The van der Waals surface area contributed by atoms with Crippen LogP contribution in [0.3, 0.4) is 0 Å². The number of hydrogen-bond acceptors (Lipinski definition) is 3. The molecule has 0 bridgehead atoms. The highest BCUT2D eigenvalue weighted by Crippen LogP contribution is 2.24. The van der Waals surface area contributed by atoms with Gasteiger partial charge in [-0.3, -0.25) is 4.79 Å². The minimum absolute atomic E-state index is 0.204. The van der Waals surface area contributed by atoms with Gasteiger partial charge in [-0.1, -0.05) is 6.92 Å². The molecule has 1 heterocycles. The van der Waals surface area contributed by atoms with Gasteiger partial charge in [0.15, 0.2) is 0 Å². The molecule has 0 N–H and O–H groups in total. The van der Waals surface area contributed by atoms with Crippen molar-refractivity contribution in [2.24, 2.45) is 5.92 Å². The van der Waals surface area contributed by atoms with E-state index in [9.17, 15) is 4.79 Å². The van der Waals surface area contributed by atoms with E-state index in [4.69, 9.17) is 4.74 Å². The Morgan fingerprint density at radius 2 is 2.36 bits per heavy atom. The normalized spacial score (nSPS) is 12.5. The van der Waals surface area contributed by atoms with Crippen LogP contribution in [0.1, 0.15) is 18.7 Å². The highest BCUT2D eigenvalue weighted by molar-refractivity contribution is 9.11. The molecule has 14 heavy (non-hydrogen) atoms. The number of carbonyl (C=O) groups is 1. The maximum atomic E-state index is 10.6. The molecule has 0 saturated heterocycles. The van der Waals surface area contributed by atoms with Gasteiger partial charge in [-0.05, 0) is 40.4 Å². The Morgan fingerprint density at radius 1 is 1.64 bits per heavy atom. The molecule has 1 atom stereocenters. The fourth-order valence-electron chi connectivity index (χ4n) is 1.12. The summed E-state index contributed by atoms with van der Waals surface area (Å²) in [7, 11) is 0. The van der Waals surface area contributed by atoms with E-state index in [0.717, 1.165) is 10.2 Å². The lowest BCUT2D eigenvalue weighted by Gasteiger charge is -2.09. The summed E-state index contributed by atoms with van der Waals surface area (Å²) in [6, 6.07) is 4.14. The molecule has 0 saturated carbocycles. The summed E-state index contributed by atoms with van der Waals surface area (Å²) >= 11 is 5.14. The monoisotopic (exact) mass is 276 g/mol. The number of rotatable bonds is 4. The molecule has 1 rings (SSSR count). The van der Waals surface area contributed by atoms with Crippen molar-refractivity contribution < 1.29 is 9.53 Å². The molecule has 0 fully saturated rings. The SMILES string of the molecule is CC(=O)OC[C@H](C)Cc1ccc(Br)s1. The first kappa shape index (κ1) is 11.7. The third kappa shape index (κ3) is 4.24. The number of carbonyl (C=O) groups excluding carboxylic acids is 1. The van der Waals surface area contributed by atoms with E-state index < -0.39 is 0 Å². The molecule has 0 aromatic carbocycles. The number of thiophene rings is 1. The molecule has 0 aliphatic heterocycles. The molecule has 0 radical (unpaired) electrons. The van der Waals surface area contributed by atoms with Crippen LogP contribution in [-0.2, 0) is 16.0 Å². The average Bonchev–Trinajstić information content (AvgIpc) is 2.48. The predicted molar refractivity (Wildman–Crippen MR) is 61.5 cm³/mol. The van der Waals surface area contributed by atoms with Crippen LogP contribution in [-0.4, -0.2) is 12.6 Å². The van der Waals surface area contributed by atoms with Crippen LogP contribution in [0.2, 0.25) is 0 Å². The smallest absolute Gasteiger partial charge is 0.302 e. The zero-order valence-electron chi connectivity index (χ0n) is 8.25. The molecule has 0 spiro atoms. The van der Waals surface area contributed by atoms with Gasteiger partial charge in [-0.25, -0.2) is 0 Å². The summed E-state index contributed by atoms with van der Waals surface area (Å²) in [5, 5.41) is 0. The van der Waals surface area contributed by atoms with E-state index in [1.54, 1.807) is 11.3 Å². The van der Waals surface area contributed by atoms with Crippen molar-refractivity contribution >= 4 is 33.2 Å². The largest absolute Gasteiger partial charge is 0.466 e. The van der Waals surface area contributed by atoms with E-state index in [1.165, 1.54) is 11.8 Å². The maximum absolute atomic E-state index is 10.6. The maximum Gasteiger partial charge on any atom is 0.302 e. The van der Waals surface area contributed by atoms with Crippen LogP contribution in [0, 0.1) is 5.92 Å². The quantitative estimate of drug-likeness (QED) is 0.790. The Balaban J connectivity index is 2.33. The minimum atomic E-state index is -0.204. The van der Waals surface area contributed by atoms with Crippen LogP contribution < -0.4 is 0 Å². The summed E-state index contributed by atoms with van der Waals surface area (Å²) in [4.78, 5) is 11.9. The zero-order chi connectivity index (χ0) is 10.6. The van der Waals surface area contributed by atoms with Gasteiger partial charge in [-0.2, -0.15) is 0 Å². The third-order valence-electron chi connectivity index (χ3n) is 1.75. The molecule has 1 aromatic rings. The van der Waals surface area contributed by atoms with Crippen molar-refractivity contribution in [1.29, 1.82) is 0 Å². The lowest BCUT2D eigenvalue weighted by Crippen LogP contribution is -2.10. The molecule has 0 amide bonds. The highest BCUT2D eigenvalue weighted by Gasteiger charge is 2.07. The Kier molecular flexibility index (Phi) is 4.62. The summed E-state index contributed by atoms with van der Waals surface area (Å²) in [5.41, 5.74) is 0.